The van der Waals surface area contributed by atoms with Gasteiger partial charge in [-0.1, -0.05) is 23.7 Å². The van der Waals surface area contributed by atoms with Crippen molar-refractivity contribution in [3.63, 3.8) is 0 Å². The van der Waals surface area contributed by atoms with Crippen molar-refractivity contribution < 1.29 is 4.39 Å². The van der Waals surface area contributed by atoms with Crippen molar-refractivity contribution in [3.05, 3.63) is 34.9 Å². The molecule has 0 unspecified atom stereocenters. The maximum absolute atomic E-state index is 11.8. The third-order valence-corrected chi connectivity index (χ3v) is 2.34. The number of halogens is 2. The van der Waals surface area contributed by atoms with E-state index in [1.165, 1.54) is 0 Å². The first-order valence-corrected chi connectivity index (χ1v) is 5.16. The molecule has 1 N–H and O–H groups in total. The predicted molar refractivity (Wildman–Crippen MR) is 58.5 cm³/mol. The lowest BCUT2D eigenvalue weighted by Crippen LogP contribution is -2.20. The van der Waals surface area contributed by atoms with Gasteiger partial charge in [0.15, 0.2) is 0 Å². The van der Waals surface area contributed by atoms with Crippen molar-refractivity contribution in [2.75, 3.05) is 13.2 Å². The van der Waals surface area contributed by atoms with E-state index in [0.29, 0.717) is 13.0 Å². The second-order valence-corrected chi connectivity index (χ2v) is 3.71. The van der Waals surface area contributed by atoms with Crippen LogP contribution in [0.1, 0.15) is 24.9 Å². The standard InChI is InChI=1S/C11H15ClFN/c1-9(14-7-3-6-13)10-4-2-5-11(12)8-10/h2,4-5,8-9,14H,3,6-7H2,1H3/t9-/m1/s1. The number of benzene rings is 1. The molecule has 1 aromatic carbocycles. The van der Waals surface area contributed by atoms with E-state index in [1.807, 2.05) is 31.2 Å². The fraction of sp³-hybridized carbons (Fsp3) is 0.455. The molecule has 3 heteroatoms. The number of hydrogen-bond donors (Lipinski definition) is 1. The topological polar surface area (TPSA) is 12.0 Å². The van der Waals surface area contributed by atoms with E-state index in [0.717, 1.165) is 10.6 Å². The van der Waals surface area contributed by atoms with Crippen LogP contribution >= 0.6 is 11.6 Å². The van der Waals surface area contributed by atoms with Gasteiger partial charge in [-0.25, -0.2) is 0 Å². The normalized spacial score (nSPS) is 12.8. The van der Waals surface area contributed by atoms with Crippen LogP contribution in [0, 0.1) is 0 Å². The summed E-state index contributed by atoms with van der Waals surface area (Å²) in [6, 6.07) is 7.93. The summed E-state index contributed by atoms with van der Waals surface area (Å²) in [7, 11) is 0. The van der Waals surface area contributed by atoms with Crippen LogP contribution in [0.4, 0.5) is 4.39 Å². The molecular formula is C11H15ClFN. The molecule has 14 heavy (non-hydrogen) atoms. The van der Waals surface area contributed by atoms with Gasteiger partial charge in [0.2, 0.25) is 0 Å². The highest BCUT2D eigenvalue weighted by atomic mass is 35.5. The van der Waals surface area contributed by atoms with Gasteiger partial charge in [0.1, 0.15) is 0 Å². The van der Waals surface area contributed by atoms with Crippen LogP contribution in [0.5, 0.6) is 0 Å². The van der Waals surface area contributed by atoms with Crippen molar-refractivity contribution in [1.82, 2.24) is 5.32 Å². The van der Waals surface area contributed by atoms with Crippen LogP contribution in [0.15, 0.2) is 24.3 Å². The molecule has 0 heterocycles. The first-order valence-electron chi connectivity index (χ1n) is 4.79. The van der Waals surface area contributed by atoms with E-state index >= 15 is 0 Å². The van der Waals surface area contributed by atoms with Crippen molar-refractivity contribution in [3.8, 4) is 0 Å². The van der Waals surface area contributed by atoms with Gasteiger partial charge in [-0.05, 0) is 37.6 Å². The molecule has 0 aliphatic carbocycles. The molecule has 78 valence electrons. The van der Waals surface area contributed by atoms with E-state index in [1.54, 1.807) is 0 Å². The highest BCUT2D eigenvalue weighted by molar-refractivity contribution is 6.30. The lowest BCUT2D eigenvalue weighted by Gasteiger charge is -2.13. The van der Waals surface area contributed by atoms with Crippen LogP contribution in [-0.4, -0.2) is 13.2 Å². The third-order valence-electron chi connectivity index (χ3n) is 2.11. The fourth-order valence-corrected chi connectivity index (χ4v) is 1.48. The highest BCUT2D eigenvalue weighted by Gasteiger charge is 2.03. The van der Waals surface area contributed by atoms with Crippen LogP contribution in [-0.2, 0) is 0 Å². The maximum atomic E-state index is 11.8. The van der Waals surface area contributed by atoms with Gasteiger partial charge in [0.25, 0.3) is 0 Å². The van der Waals surface area contributed by atoms with Gasteiger partial charge in [0.05, 0.1) is 6.67 Å². The number of alkyl halides is 1. The zero-order chi connectivity index (χ0) is 10.4. The molecule has 1 aromatic rings. The Morgan fingerprint density at radius 2 is 2.29 bits per heavy atom. The average Bonchev–Trinajstić information content (AvgIpc) is 2.18. The summed E-state index contributed by atoms with van der Waals surface area (Å²) < 4.78 is 11.8. The van der Waals surface area contributed by atoms with E-state index in [-0.39, 0.29) is 12.7 Å². The minimum Gasteiger partial charge on any atom is -0.310 e. The van der Waals surface area contributed by atoms with Crippen molar-refractivity contribution in [2.24, 2.45) is 0 Å². The Labute approximate surface area is 89.3 Å². The second kappa shape index (κ2) is 5.99. The van der Waals surface area contributed by atoms with E-state index in [4.69, 9.17) is 11.6 Å². The first kappa shape index (κ1) is 11.5. The van der Waals surface area contributed by atoms with Gasteiger partial charge >= 0.3 is 0 Å². The van der Waals surface area contributed by atoms with Crippen LogP contribution in [0.3, 0.4) is 0 Å². The maximum Gasteiger partial charge on any atom is 0.0906 e. The van der Waals surface area contributed by atoms with Crippen LogP contribution in [0.25, 0.3) is 0 Å². The van der Waals surface area contributed by atoms with Gasteiger partial charge in [-0.3, -0.25) is 4.39 Å². The monoisotopic (exact) mass is 215 g/mol. The minimum atomic E-state index is -0.269. The number of rotatable bonds is 5. The van der Waals surface area contributed by atoms with E-state index in [2.05, 4.69) is 5.32 Å². The van der Waals surface area contributed by atoms with Crippen molar-refractivity contribution in [2.45, 2.75) is 19.4 Å². The lowest BCUT2D eigenvalue weighted by atomic mass is 10.1. The molecule has 0 amide bonds. The molecule has 1 nitrogen and oxygen atoms in total. The first-order chi connectivity index (χ1) is 6.74. The summed E-state index contributed by atoms with van der Waals surface area (Å²) in [6.07, 6.45) is 0.560. The molecular weight excluding hydrogens is 201 g/mol. The predicted octanol–water partition coefficient (Wildman–Crippen LogP) is 3.35. The fourth-order valence-electron chi connectivity index (χ4n) is 1.28. The van der Waals surface area contributed by atoms with Gasteiger partial charge in [-0.15, -0.1) is 0 Å². The van der Waals surface area contributed by atoms with Gasteiger partial charge in [0, 0.05) is 11.1 Å². The Bertz CT molecular complexity index is 278. The molecule has 0 spiro atoms. The van der Waals surface area contributed by atoms with E-state index in [9.17, 15) is 4.39 Å². The quantitative estimate of drug-likeness (QED) is 0.743. The molecule has 0 fully saturated rings. The van der Waals surface area contributed by atoms with Crippen LogP contribution < -0.4 is 5.32 Å². The number of hydrogen-bond acceptors (Lipinski definition) is 1. The Balaban J connectivity index is 2.47. The van der Waals surface area contributed by atoms with Crippen LogP contribution in [0.2, 0.25) is 5.02 Å². The zero-order valence-electron chi connectivity index (χ0n) is 8.26. The number of nitrogens with one attached hydrogen (secondary N) is 1. The molecule has 0 radical (unpaired) electrons. The highest BCUT2D eigenvalue weighted by Crippen LogP contribution is 2.16. The molecule has 1 atom stereocenters. The smallest absolute Gasteiger partial charge is 0.0906 e. The van der Waals surface area contributed by atoms with Crippen molar-refractivity contribution >= 4 is 11.6 Å². The molecule has 0 aromatic heterocycles. The Morgan fingerprint density at radius 3 is 2.93 bits per heavy atom. The summed E-state index contributed by atoms with van der Waals surface area (Å²) in [4.78, 5) is 0. The Morgan fingerprint density at radius 1 is 1.50 bits per heavy atom. The molecule has 0 saturated heterocycles. The van der Waals surface area contributed by atoms with Gasteiger partial charge in [-0.2, -0.15) is 0 Å². The molecule has 0 aliphatic rings. The molecule has 1 rings (SSSR count). The lowest BCUT2D eigenvalue weighted by molar-refractivity contribution is 0.446. The van der Waals surface area contributed by atoms with Crippen molar-refractivity contribution in [1.29, 1.82) is 0 Å². The zero-order valence-corrected chi connectivity index (χ0v) is 9.02. The summed E-state index contributed by atoms with van der Waals surface area (Å²) >= 11 is 5.86. The Hall–Kier alpha value is -0.600. The summed E-state index contributed by atoms with van der Waals surface area (Å²) in [5.74, 6) is 0. The van der Waals surface area contributed by atoms with Gasteiger partial charge < -0.3 is 5.32 Å². The largest absolute Gasteiger partial charge is 0.310 e. The summed E-state index contributed by atoms with van der Waals surface area (Å²) in [5.41, 5.74) is 1.14. The average molecular weight is 216 g/mol. The molecule has 0 bridgehead atoms. The Kier molecular flexibility index (Phi) is 4.91. The van der Waals surface area contributed by atoms with E-state index < -0.39 is 0 Å². The molecule has 0 aliphatic heterocycles. The summed E-state index contributed by atoms with van der Waals surface area (Å²) in [6.45, 7) is 2.48. The molecule has 0 saturated carbocycles. The summed E-state index contributed by atoms with van der Waals surface area (Å²) in [5, 5.41) is 3.97. The third kappa shape index (κ3) is 3.64. The second-order valence-electron chi connectivity index (χ2n) is 3.27. The minimum absolute atomic E-state index is 0.222. The SMILES string of the molecule is C[C@@H](NCCCF)c1cccc(Cl)c1.